The Balaban J connectivity index is 2.66. The maximum atomic E-state index is 12.5. The van der Waals surface area contributed by atoms with Crippen LogP contribution in [0.1, 0.15) is 46.4 Å². The standard InChI is InChI=1S/C16H25N5O/c1-6-16(4,7-2)15(22)21(5)11-12(3)19-13-8-9-18-14(10-17)20-13/h8-9,12H,6-7,11H2,1-5H3,(H,18,19,20). The number of aromatic nitrogens is 2. The average molecular weight is 303 g/mol. The van der Waals surface area contributed by atoms with Crippen LogP contribution in [0.2, 0.25) is 0 Å². The SMILES string of the molecule is CCC(C)(CC)C(=O)N(C)CC(C)Nc1ccnc(C#N)n1. The maximum absolute atomic E-state index is 12.5. The number of carbonyl (C=O) groups is 1. The van der Waals surface area contributed by atoms with Crippen LogP contribution in [0.5, 0.6) is 0 Å². The number of nitrogens with one attached hydrogen (secondary N) is 1. The summed E-state index contributed by atoms with van der Waals surface area (Å²) in [5.41, 5.74) is -0.308. The molecule has 1 heterocycles. The Morgan fingerprint density at radius 2 is 2.14 bits per heavy atom. The van der Waals surface area contributed by atoms with Gasteiger partial charge in [-0.05, 0) is 25.8 Å². The molecule has 1 unspecified atom stereocenters. The Morgan fingerprint density at radius 3 is 2.68 bits per heavy atom. The van der Waals surface area contributed by atoms with Crippen molar-refractivity contribution in [1.29, 1.82) is 5.26 Å². The van der Waals surface area contributed by atoms with Crippen LogP contribution in [-0.4, -0.2) is 40.4 Å². The summed E-state index contributed by atoms with van der Waals surface area (Å²) in [6.07, 6.45) is 3.19. The zero-order valence-electron chi connectivity index (χ0n) is 14.1. The Hall–Kier alpha value is -2.16. The summed E-state index contributed by atoms with van der Waals surface area (Å²) < 4.78 is 0. The minimum atomic E-state index is -0.308. The molecule has 1 N–H and O–H groups in total. The Labute approximate surface area is 132 Å². The second-order valence-electron chi connectivity index (χ2n) is 5.88. The molecule has 0 aromatic carbocycles. The molecule has 0 aliphatic heterocycles. The summed E-state index contributed by atoms with van der Waals surface area (Å²) in [6, 6.07) is 3.64. The van der Waals surface area contributed by atoms with Gasteiger partial charge in [-0.2, -0.15) is 5.26 Å². The molecule has 1 rings (SSSR count). The van der Waals surface area contributed by atoms with Gasteiger partial charge >= 0.3 is 0 Å². The Bertz CT molecular complexity index is 548. The molecule has 1 aromatic heterocycles. The molecule has 0 fully saturated rings. The smallest absolute Gasteiger partial charge is 0.234 e. The second kappa shape index (κ2) is 7.74. The highest BCUT2D eigenvalue weighted by Gasteiger charge is 2.32. The highest BCUT2D eigenvalue weighted by atomic mass is 16.2. The van der Waals surface area contributed by atoms with Gasteiger partial charge in [0.1, 0.15) is 11.9 Å². The lowest BCUT2D eigenvalue weighted by atomic mass is 9.83. The number of nitriles is 1. The van der Waals surface area contributed by atoms with E-state index < -0.39 is 0 Å². The van der Waals surface area contributed by atoms with Crippen molar-refractivity contribution in [1.82, 2.24) is 14.9 Å². The van der Waals surface area contributed by atoms with Crippen LogP contribution >= 0.6 is 0 Å². The molecule has 0 radical (unpaired) electrons. The Morgan fingerprint density at radius 1 is 1.50 bits per heavy atom. The van der Waals surface area contributed by atoms with Crippen molar-refractivity contribution in [3.8, 4) is 6.07 Å². The van der Waals surface area contributed by atoms with Gasteiger partial charge in [-0.1, -0.05) is 20.8 Å². The molecule has 0 saturated heterocycles. The molecule has 120 valence electrons. The molecular formula is C16H25N5O. The van der Waals surface area contributed by atoms with Crippen molar-refractivity contribution in [2.75, 3.05) is 18.9 Å². The molecule has 0 saturated carbocycles. The number of carbonyl (C=O) groups excluding carboxylic acids is 1. The quantitative estimate of drug-likeness (QED) is 0.836. The van der Waals surface area contributed by atoms with Crippen LogP contribution in [-0.2, 0) is 4.79 Å². The van der Waals surface area contributed by atoms with Gasteiger partial charge in [-0.3, -0.25) is 4.79 Å². The molecule has 1 amide bonds. The Kier molecular flexibility index (Phi) is 6.29. The molecule has 1 aromatic rings. The van der Waals surface area contributed by atoms with Crippen LogP contribution in [0.25, 0.3) is 0 Å². The fraction of sp³-hybridized carbons (Fsp3) is 0.625. The highest BCUT2D eigenvalue weighted by molar-refractivity contribution is 5.82. The van der Waals surface area contributed by atoms with Crippen molar-refractivity contribution >= 4 is 11.7 Å². The van der Waals surface area contributed by atoms with E-state index in [0.717, 1.165) is 12.8 Å². The van der Waals surface area contributed by atoms with Gasteiger partial charge in [0.15, 0.2) is 0 Å². The molecule has 0 spiro atoms. The number of nitrogens with zero attached hydrogens (tertiary/aromatic N) is 4. The predicted molar refractivity (Wildman–Crippen MR) is 86.2 cm³/mol. The van der Waals surface area contributed by atoms with Crippen molar-refractivity contribution < 1.29 is 4.79 Å². The average Bonchev–Trinajstić information content (AvgIpc) is 2.53. The van der Waals surface area contributed by atoms with E-state index in [-0.39, 0.29) is 23.2 Å². The first kappa shape index (κ1) is 17.9. The first-order valence-corrected chi connectivity index (χ1v) is 7.61. The van der Waals surface area contributed by atoms with Gasteiger partial charge in [0.2, 0.25) is 11.7 Å². The van der Waals surface area contributed by atoms with E-state index in [1.54, 1.807) is 17.2 Å². The molecule has 0 bridgehead atoms. The molecule has 6 heteroatoms. The van der Waals surface area contributed by atoms with Crippen LogP contribution in [0.15, 0.2) is 12.3 Å². The lowest BCUT2D eigenvalue weighted by molar-refractivity contribution is -0.140. The normalized spacial score (nSPS) is 12.4. The van der Waals surface area contributed by atoms with E-state index in [4.69, 9.17) is 5.26 Å². The zero-order chi connectivity index (χ0) is 16.8. The maximum Gasteiger partial charge on any atom is 0.234 e. The van der Waals surface area contributed by atoms with E-state index in [1.807, 2.05) is 40.8 Å². The zero-order valence-corrected chi connectivity index (χ0v) is 14.1. The van der Waals surface area contributed by atoms with Crippen molar-refractivity contribution in [3.63, 3.8) is 0 Å². The highest BCUT2D eigenvalue weighted by Crippen LogP contribution is 2.27. The minimum Gasteiger partial charge on any atom is -0.366 e. The third-order valence-electron chi connectivity index (χ3n) is 4.12. The van der Waals surface area contributed by atoms with E-state index >= 15 is 0 Å². The van der Waals surface area contributed by atoms with Gasteiger partial charge < -0.3 is 10.2 Å². The summed E-state index contributed by atoms with van der Waals surface area (Å²) in [5.74, 6) is 0.881. The molecule has 1 atom stereocenters. The first-order valence-electron chi connectivity index (χ1n) is 7.61. The van der Waals surface area contributed by atoms with Crippen LogP contribution in [0, 0.1) is 16.7 Å². The third kappa shape index (κ3) is 4.42. The van der Waals surface area contributed by atoms with Crippen molar-refractivity contribution in [3.05, 3.63) is 18.1 Å². The van der Waals surface area contributed by atoms with Gasteiger partial charge in [-0.25, -0.2) is 9.97 Å². The summed E-state index contributed by atoms with van der Waals surface area (Å²) in [6.45, 7) is 8.64. The van der Waals surface area contributed by atoms with E-state index in [1.165, 1.54) is 0 Å². The fourth-order valence-electron chi connectivity index (χ4n) is 2.30. The summed E-state index contributed by atoms with van der Waals surface area (Å²) >= 11 is 0. The number of hydrogen-bond donors (Lipinski definition) is 1. The van der Waals surface area contributed by atoms with Crippen molar-refractivity contribution in [2.45, 2.75) is 46.6 Å². The van der Waals surface area contributed by atoms with Gasteiger partial charge in [0, 0.05) is 31.2 Å². The minimum absolute atomic E-state index is 0.0216. The number of amides is 1. The number of rotatable bonds is 7. The third-order valence-corrected chi connectivity index (χ3v) is 4.12. The number of anilines is 1. The topological polar surface area (TPSA) is 81.9 Å². The largest absolute Gasteiger partial charge is 0.366 e. The molecule has 0 aliphatic rings. The summed E-state index contributed by atoms with van der Waals surface area (Å²) in [7, 11) is 1.82. The summed E-state index contributed by atoms with van der Waals surface area (Å²) in [5, 5.41) is 12.0. The summed E-state index contributed by atoms with van der Waals surface area (Å²) in [4.78, 5) is 22.2. The predicted octanol–water partition coefficient (Wildman–Crippen LogP) is 2.43. The lowest BCUT2D eigenvalue weighted by Crippen LogP contribution is -2.44. The van der Waals surface area contributed by atoms with Crippen molar-refractivity contribution in [2.24, 2.45) is 5.41 Å². The lowest BCUT2D eigenvalue weighted by Gasteiger charge is -2.32. The van der Waals surface area contributed by atoms with Gasteiger partial charge in [-0.15, -0.1) is 0 Å². The van der Waals surface area contributed by atoms with E-state index in [2.05, 4.69) is 15.3 Å². The second-order valence-corrected chi connectivity index (χ2v) is 5.88. The first-order chi connectivity index (χ1) is 10.4. The molecular weight excluding hydrogens is 278 g/mol. The fourth-order valence-corrected chi connectivity index (χ4v) is 2.30. The monoisotopic (exact) mass is 303 g/mol. The van der Waals surface area contributed by atoms with Gasteiger partial charge in [0.05, 0.1) is 0 Å². The number of hydrogen-bond acceptors (Lipinski definition) is 5. The van der Waals surface area contributed by atoms with Crippen LogP contribution < -0.4 is 5.32 Å². The molecule has 22 heavy (non-hydrogen) atoms. The molecule has 0 aliphatic carbocycles. The number of likely N-dealkylation sites (N-methyl/N-ethyl adjacent to an activating group) is 1. The van der Waals surface area contributed by atoms with E-state index in [9.17, 15) is 4.79 Å². The van der Waals surface area contributed by atoms with E-state index in [0.29, 0.717) is 12.4 Å². The molecule has 6 nitrogen and oxygen atoms in total. The van der Waals surface area contributed by atoms with Crippen LogP contribution in [0.3, 0.4) is 0 Å². The van der Waals surface area contributed by atoms with Crippen LogP contribution in [0.4, 0.5) is 5.82 Å². The van der Waals surface area contributed by atoms with Gasteiger partial charge in [0.25, 0.3) is 0 Å².